The molecule has 174 valence electrons. The molecule has 1 unspecified atom stereocenters. The first-order valence-electron chi connectivity index (χ1n) is 9.80. The van der Waals surface area contributed by atoms with E-state index >= 15 is 0 Å². The number of ether oxygens (including phenoxy) is 1. The van der Waals surface area contributed by atoms with Crippen molar-refractivity contribution >= 4 is 27.7 Å². The van der Waals surface area contributed by atoms with Crippen LogP contribution in [0.25, 0.3) is 11.3 Å². The van der Waals surface area contributed by atoms with Gasteiger partial charge < -0.3 is 10.5 Å². The van der Waals surface area contributed by atoms with Gasteiger partial charge in [0.1, 0.15) is 23.7 Å². The fraction of sp³-hybridized carbons (Fsp3) is 0.211. The summed E-state index contributed by atoms with van der Waals surface area (Å²) in [6.45, 7) is 1.18. The van der Waals surface area contributed by atoms with Crippen LogP contribution in [0.3, 0.4) is 0 Å². The lowest BCUT2D eigenvalue weighted by molar-refractivity contribution is 0.207. The Hall–Kier alpha value is -4.45. The van der Waals surface area contributed by atoms with Crippen molar-refractivity contribution < 1.29 is 22.3 Å². The molecule has 13 nitrogen and oxygen atoms in total. The molecule has 3 N–H and O–H groups in total. The third kappa shape index (κ3) is 3.15. The van der Waals surface area contributed by atoms with Gasteiger partial charge in [-0.1, -0.05) is 0 Å². The molecular formula is C19H16FN9O4S. The lowest BCUT2D eigenvalue weighted by Crippen LogP contribution is -2.41. The second-order valence-electron chi connectivity index (χ2n) is 7.53. The van der Waals surface area contributed by atoms with Gasteiger partial charge in [-0.15, -0.1) is 0 Å². The molecular weight excluding hydrogens is 469 g/mol. The Morgan fingerprint density at radius 3 is 2.88 bits per heavy atom. The minimum Gasteiger partial charge on any atom is -0.467 e. The molecule has 2 amide bonds. The van der Waals surface area contributed by atoms with Gasteiger partial charge in [0.25, 0.3) is 5.88 Å². The summed E-state index contributed by atoms with van der Waals surface area (Å²) < 4.78 is 49.8. The number of nitrogen functional groups attached to an aromatic ring is 1. The van der Waals surface area contributed by atoms with Gasteiger partial charge in [0.05, 0.1) is 35.4 Å². The van der Waals surface area contributed by atoms with E-state index in [1.165, 1.54) is 30.9 Å². The number of hydrogen-bond donors (Lipinski definition) is 2. The van der Waals surface area contributed by atoms with E-state index in [1.54, 1.807) is 0 Å². The smallest absolute Gasteiger partial charge is 0.352 e. The van der Waals surface area contributed by atoms with Crippen molar-refractivity contribution in [2.24, 2.45) is 7.05 Å². The summed E-state index contributed by atoms with van der Waals surface area (Å²) in [5.41, 5.74) is 6.68. The van der Waals surface area contributed by atoms with Crippen molar-refractivity contribution in [3.8, 4) is 23.2 Å². The average Bonchev–Trinajstić information content (AvgIpc) is 3.20. The average molecular weight is 485 g/mol. The van der Waals surface area contributed by atoms with Crippen molar-refractivity contribution in [2.75, 3.05) is 10.1 Å². The Bertz CT molecular complexity index is 1510. The van der Waals surface area contributed by atoms with E-state index in [0.717, 1.165) is 21.6 Å². The lowest BCUT2D eigenvalue weighted by atomic mass is 10.1. The molecule has 1 atom stereocenters. The van der Waals surface area contributed by atoms with Gasteiger partial charge in [0.2, 0.25) is 0 Å². The summed E-state index contributed by atoms with van der Waals surface area (Å²) in [4.78, 5) is 21.2. The maximum Gasteiger partial charge on any atom is 0.352 e. The number of hydrazine groups is 1. The van der Waals surface area contributed by atoms with Gasteiger partial charge in [-0.3, -0.25) is 4.68 Å². The standard InChI is InChI=1S/C19H16FN9O4S/c1-9-11-5-10(20)3-4-14(11)29-28(19(30)26-34(29,31)32)8-13-16(15(6-21)27(2)25-13)12-7-23-17(22)18(24-12)33-9/h3-5,7,9H,8H2,1-2H3,(H2,22,23)(H,26,30). The first-order valence-corrected chi connectivity index (χ1v) is 11.2. The number of nitrogens with two attached hydrogens (primary N) is 1. The Kier molecular flexibility index (Phi) is 4.58. The molecule has 2 aliphatic heterocycles. The molecule has 34 heavy (non-hydrogen) atoms. The molecule has 0 aliphatic carbocycles. The lowest BCUT2D eigenvalue weighted by Gasteiger charge is -2.29. The maximum absolute atomic E-state index is 14.2. The number of benzene rings is 1. The fourth-order valence-corrected chi connectivity index (χ4v) is 5.12. The molecule has 2 aromatic heterocycles. The fourth-order valence-electron chi connectivity index (χ4n) is 3.89. The number of nitriles is 1. The van der Waals surface area contributed by atoms with Crippen LogP contribution in [0.1, 0.15) is 30.0 Å². The van der Waals surface area contributed by atoms with Gasteiger partial charge in [-0.05, 0) is 25.1 Å². The van der Waals surface area contributed by atoms with Crippen LogP contribution in [0, 0.1) is 17.1 Å². The number of fused-ring (bicyclic) bond motifs is 7. The normalized spacial score (nSPS) is 18.4. The van der Waals surface area contributed by atoms with Crippen molar-refractivity contribution in [3.05, 3.63) is 47.2 Å². The molecule has 1 saturated heterocycles. The number of urea groups is 1. The van der Waals surface area contributed by atoms with Gasteiger partial charge in [0, 0.05) is 12.6 Å². The highest BCUT2D eigenvalue weighted by atomic mass is 32.2. The van der Waals surface area contributed by atoms with Crippen LogP contribution in [0.4, 0.5) is 20.7 Å². The second kappa shape index (κ2) is 7.28. The number of nitrogens with one attached hydrogen (secondary N) is 1. The van der Waals surface area contributed by atoms with Gasteiger partial charge in [-0.25, -0.2) is 28.9 Å². The molecule has 4 heterocycles. The van der Waals surface area contributed by atoms with Crippen LogP contribution < -0.4 is 19.6 Å². The van der Waals surface area contributed by atoms with Crippen LogP contribution in [0.5, 0.6) is 5.88 Å². The Balaban J connectivity index is 1.83. The minimum absolute atomic E-state index is 0.0338. The Morgan fingerprint density at radius 1 is 1.38 bits per heavy atom. The number of amides is 2. The number of aromatic nitrogens is 4. The molecule has 3 aromatic rings. The summed E-state index contributed by atoms with van der Waals surface area (Å²) in [7, 11) is -2.87. The van der Waals surface area contributed by atoms with Crippen LogP contribution in [-0.2, 0) is 23.8 Å². The SMILES string of the molecule is CC1Oc2nc(cnc2N)-c2c(nn(C)c2C#N)CN2C(=O)NS(=O)(=O)N2c2ccc(F)cc21. The number of carbonyl (C=O) groups excluding carboxylic acids is 1. The minimum atomic E-state index is -4.39. The van der Waals surface area contributed by atoms with Crippen LogP contribution >= 0.6 is 0 Å². The monoisotopic (exact) mass is 485 g/mol. The number of nitrogens with zero attached hydrogens (tertiary/aromatic N) is 7. The predicted molar refractivity (Wildman–Crippen MR) is 114 cm³/mol. The molecule has 0 spiro atoms. The van der Waals surface area contributed by atoms with E-state index in [0.29, 0.717) is 0 Å². The zero-order valence-electron chi connectivity index (χ0n) is 17.7. The molecule has 1 aromatic carbocycles. The molecule has 2 bridgehead atoms. The number of aryl methyl sites for hydroxylation is 1. The van der Waals surface area contributed by atoms with Crippen LogP contribution in [0.15, 0.2) is 24.4 Å². The van der Waals surface area contributed by atoms with E-state index in [-0.39, 0.29) is 52.1 Å². The summed E-state index contributed by atoms with van der Waals surface area (Å²) >= 11 is 0. The summed E-state index contributed by atoms with van der Waals surface area (Å²) in [6.07, 6.45) is 0.347. The number of rotatable bonds is 0. The Morgan fingerprint density at radius 2 is 2.15 bits per heavy atom. The summed E-state index contributed by atoms with van der Waals surface area (Å²) in [6, 6.07) is 4.43. The first kappa shape index (κ1) is 21.4. The van der Waals surface area contributed by atoms with E-state index in [9.17, 15) is 22.9 Å². The first-order chi connectivity index (χ1) is 16.1. The van der Waals surface area contributed by atoms with E-state index < -0.39 is 28.2 Å². The number of hydrogen-bond acceptors (Lipinski definition) is 9. The highest BCUT2D eigenvalue weighted by Crippen LogP contribution is 2.38. The topological polar surface area (TPSA) is 172 Å². The third-order valence-electron chi connectivity index (χ3n) is 5.37. The largest absolute Gasteiger partial charge is 0.467 e. The zero-order chi connectivity index (χ0) is 24.4. The maximum atomic E-state index is 14.2. The zero-order valence-corrected chi connectivity index (χ0v) is 18.5. The van der Waals surface area contributed by atoms with Crippen LogP contribution in [-0.4, -0.2) is 39.2 Å². The van der Waals surface area contributed by atoms with Crippen molar-refractivity contribution in [1.29, 1.82) is 5.26 Å². The number of carbonyl (C=O) groups is 1. The van der Waals surface area contributed by atoms with Crippen LogP contribution in [0.2, 0.25) is 0 Å². The molecule has 5 rings (SSSR count). The second-order valence-corrected chi connectivity index (χ2v) is 9.03. The van der Waals surface area contributed by atoms with Gasteiger partial charge in [-0.2, -0.15) is 23.2 Å². The summed E-state index contributed by atoms with van der Waals surface area (Å²) in [5, 5.41) is 14.9. The molecule has 1 fully saturated rings. The molecule has 2 aliphatic rings. The predicted octanol–water partition coefficient (Wildman–Crippen LogP) is 1.12. The molecule has 15 heteroatoms. The van der Waals surface area contributed by atoms with Crippen molar-refractivity contribution in [1.82, 2.24) is 29.5 Å². The summed E-state index contributed by atoms with van der Waals surface area (Å²) in [5.74, 6) is -0.821. The van der Waals surface area contributed by atoms with Gasteiger partial charge in [0.15, 0.2) is 5.82 Å². The quantitative estimate of drug-likeness (QED) is 0.473. The Labute approximate surface area is 192 Å². The number of anilines is 2. The van der Waals surface area contributed by atoms with Gasteiger partial charge >= 0.3 is 16.2 Å². The number of halogens is 1. The molecule has 0 radical (unpaired) electrons. The van der Waals surface area contributed by atoms with E-state index in [4.69, 9.17) is 10.5 Å². The van der Waals surface area contributed by atoms with Crippen molar-refractivity contribution in [3.63, 3.8) is 0 Å². The third-order valence-corrected chi connectivity index (χ3v) is 6.65. The van der Waals surface area contributed by atoms with Crippen molar-refractivity contribution in [2.45, 2.75) is 19.6 Å². The van der Waals surface area contributed by atoms with E-state index in [2.05, 4.69) is 15.1 Å². The van der Waals surface area contributed by atoms with E-state index in [1.807, 2.05) is 10.8 Å². The highest BCUT2D eigenvalue weighted by molar-refractivity contribution is 7.91. The molecule has 0 saturated carbocycles. The highest BCUT2D eigenvalue weighted by Gasteiger charge is 2.44.